The Morgan fingerprint density at radius 2 is 1.95 bits per heavy atom. The van der Waals surface area contributed by atoms with Crippen LogP contribution in [0.15, 0.2) is 42.6 Å². The zero-order valence-electron chi connectivity index (χ0n) is 20.6. The second-order valence-electron chi connectivity index (χ2n) is 9.66. The minimum absolute atomic E-state index is 0.0791. The molecule has 8 nitrogen and oxygen atoms in total. The number of pyridine rings is 1. The molecule has 200 valence electrons. The second kappa shape index (κ2) is 11.1. The molecule has 1 aliphatic heterocycles. The first-order chi connectivity index (χ1) is 17.6. The van der Waals surface area contributed by atoms with Gasteiger partial charge in [-0.25, -0.2) is 4.98 Å². The Labute approximate surface area is 213 Å². The first kappa shape index (κ1) is 26.9. The molecule has 1 aromatic carbocycles. The number of methoxy groups -OCH3 is 1. The van der Waals surface area contributed by atoms with Crippen LogP contribution in [0.3, 0.4) is 0 Å². The summed E-state index contributed by atoms with van der Waals surface area (Å²) in [6, 6.07) is 7.89. The molecular formula is C26H31F3N4O4. The number of likely N-dealkylation sites (tertiary alicyclic amines) is 1. The number of halogens is 3. The van der Waals surface area contributed by atoms with Crippen molar-refractivity contribution in [1.82, 2.24) is 20.5 Å². The van der Waals surface area contributed by atoms with E-state index in [1.54, 1.807) is 19.4 Å². The van der Waals surface area contributed by atoms with Crippen LogP contribution in [0, 0.1) is 0 Å². The molecule has 2 amide bonds. The molecule has 4 rings (SSSR count). The molecule has 0 radical (unpaired) electrons. The van der Waals surface area contributed by atoms with Crippen molar-refractivity contribution in [3.8, 4) is 5.88 Å². The molecule has 3 N–H and O–H groups in total. The van der Waals surface area contributed by atoms with Gasteiger partial charge in [0.25, 0.3) is 5.91 Å². The lowest BCUT2D eigenvalue weighted by Crippen LogP contribution is -2.45. The Hall–Kier alpha value is -3.18. The number of ether oxygens (including phenoxy) is 1. The number of benzene rings is 1. The number of hydrogen-bond donors (Lipinski definition) is 3. The predicted octanol–water partition coefficient (Wildman–Crippen LogP) is 2.86. The predicted molar refractivity (Wildman–Crippen MR) is 129 cm³/mol. The highest BCUT2D eigenvalue weighted by atomic mass is 19.4. The highest BCUT2D eigenvalue weighted by molar-refractivity contribution is 5.96. The molecule has 2 fully saturated rings. The summed E-state index contributed by atoms with van der Waals surface area (Å²) in [5.74, 6) is -0.630. The van der Waals surface area contributed by atoms with Gasteiger partial charge in [-0.1, -0.05) is 6.07 Å². The Kier molecular flexibility index (Phi) is 8.03. The molecule has 11 heteroatoms. The number of nitrogens with zero attached hydrogens (tertiary/aromatic N) is 2. The number of carbonyl (C=O) groups excluding carboxylic acids is 2. The lowest BCUT2D eigenvalue weighted by molar-refractivity contribution is -0.137. The van der Waals surface area contributed by atoms with Gasteiger partial charge in [-0.3, -0.25) is 14.5 Å². The van der Waals surface area contributed by atoms with Crippen molar-refractivity contribution >= 4 is 11.8 Å². The third kappa shape index (κ3) is 6.58. The van der Waals surface area contributed by atoms with Crippen LogP contribution in [0.2, 0.25) is 0 Å². The van der Waals surface area contributed by atoms with Crippen LogP contribution >= 0.6 is 0 Å². The van der Waals surface area contributed by atoms with E-state index in [1.165, 1.54) is 6.07 Å². The molecule has 2 aromatic rings. The van der Waals surface area contributed by atoms with Crippen LogP contribution in [0.5, 0.6) is 5.88 Å². The van der Waals surface area contributed by atoms with Crippen molar-refractivity contribution in [2.45, 2.75) is 56.0 Å². The summed E-state index contributed by atoms with van der Waals surface area (Å²) in [4.78, 5) is 31.1. The van der Waals surface area contributed by atoms with E-state index in [4.69, 9.17) is 4.74 Å². The van der Waals surface area contributed by atoms with Gasteiger partial charge in [-0.05, 0) is 56.4 Å². The van der Waals surface area contributed by atoms with Crippen molar-refractivity contribution in [3.05, 3.63) is 59.3 Å². The number of aromatic nitrogens is 1. The monoisotopic (exact) mass is 520 g/mol. The van der Waals surface area contributed by atoms with Gasteiger partial charge in [0.05, 0.1) is 24.8 Å². The molecule has 0 spiro atoms. The zero-order chi connectivity index (χ0) is 26.6. The minimum atomic E-state index is -4.55. The third-order valence-electron chi connectivity index (χ3n) is 7.23. The Morgan fingerprint density at radius 3 is 2.59 bits per heavy atom. The molecule has 2 aliphatic rings. The van der Waals surface area contributed by atoms with E-state index >= 15 is 0 Å². The van der Waals surface area contributed by atoms with Gasteiger partial charge in [0, 0.05) is 48.6 Å². The molecule has 1 saturated carbocycles. The maximum atomic E-state index is 12.9. The van der Waals surface area contributed by atoms with Crippen molar-refractivity contribution < 1.29 is 32.6 Å². The summed E-state index contributed by atoms with van der Waals surface area (Å²) in [6.45, 7) is 1.16. The van der Waals surface area contributed by atoms with E-state index in [1.807, 2.05) is 6.07 Å². The molecule has 1 aliphatic carbocycles. The van der Waals surface area contributed by atoms with E-state index in [9.17, 15) is 27.9 Å². The quantitative estimate of drug-likeness (QED) is 0.519. The average molecular weight is 521 g/mol. The maximum absolute atomic E-state index is 12.9. The topological polar surface area (TPSA) is 104 Å². The normalized spacial score (nSPS) is 24.5. The number of rotatable bonds is 7. The van der Waals surface area contributed by atoms with Gasteiger partial charge in [0.15, 0.2) is 0 Å². The zero-order valence-corrected chi connectivity index (χ0v) is 20.6. The second-order valence-corrected chi connectivity index (χ2v) is 9.66. The number of hydrogen-bond acceptors (Lipinski definition) is 6. The summed E-state index contributed by atoms with van der Waals surface area (Å²) in [5.41, 5.74) is -1.21. The van der Waals surface area contributed by atoms with Crippen molar-refractivity contribution in [1.29, 1.82) is 0 Å². The molecule has 1 saturated heterocycles. The van der Waals surface area contributed by atoms with Gasteiger partial charge in [0.2, 0.25) is 11.8 Å². The Morgan fingerprint density at radius 1 is 1.19 bits per heavy atom. The fourth-order valence-electron chi connectivity index (χ4n) is 5.13. The number of carbonyl (C=O) groups is 2. The lowest BCUT2D eigenvalue weighted by Gasteiger charge is -2.39. The molecule has 37 heavy (non-hydrogen) atoms. The smallest absolute Gasteiger partial charge is 0.416 e. The summed E-state index contributed by atoms with van der Waals surface area (Å²) in [5, 5.41) is 16.4. The van der Waals surface area contributed by atoms with Crippen LogP contribution in [0.4, 0.5) is 13.2 Å². The minimum Gasteiger partial charge on any atom is -0.481 e. The molecule has 1 atom stereocenters. The molecule has 1 aromatic heterocycles. The summed E-state index contributed by atoms with van der Waals surface area (Å²) < 4.78 is 43.7. The van der Waals surface area contributed by atoms with E-state index < -0.39 is 29.2 Å². The lowest BCUT2D eigenvalue weighted by atomic mass is 9.78. The van der Waals surface area contributed by atoms with Gasteiger partial charge in [0.1, 0.15) is 0 Å². The Bertz CT molecular complexity index is 1100. The third-order valence-corrected chi connectivity index (χ3v) is 7.23. The number of aliphatic hydroxyl groups is 1. The van der Waals surface area contributed by atoms with Crippen LogP contribution in [0.25, 0.3) is 0 Å². The Balaban J connectivity index is 1.21. The van der Waals surface area contributed by atoms with E-state index in [-0.39, 0.29) is 18.2 Å². The van der Waals surface area contributed by atoms with Crippen LogP contribution in [-0.2, 0) is 16.6 Å². The van der Waals surface area contributed by atoms with E-state index in [0.29, 0.717) is 31.3 Å². The fourth-order valence-corrected chi connectivity index (χ4v) is 5.13. The number of amides is 2. The van der Waals surface area contributed by atoms with Crippen LogP contribution < -0.4 is 15.4 Å². The SMILES string of the molecule is COc1ccc([C@]2(O)CC[C@@H](N3CC[C@@H](NC(=O)CNC(=O)c4cccc(C(F)(F)F)c4)C3)CC2)cn1. The standard InChI is InChI=1S/C26H31F3N4O4/c1-37-23-6-5-19(14-30-23)25(36)10-7-21(8-11-25)33-12-9-20(16-33)32-22(34)15-31-24(35)17-3-2-4-18(13-17)26(27,28)29/h2-6,13-14,20-21,36H,7-12,15-16H2,1H3,(H,31,35)(H,32,34)/t20-,21-,25+/m1/s1. The average Bonchev–Trinajstić information content (AvgIpc) is 3.35. The van der Waals surface area contributed by atoms with Crippen molar-refractivity contribution in [3.63, 3.8) is 0 Å². The summed E-state index contributed by atoms with van der Waals surface area (Å²) >= 11 is 0. The molecule has 2 heterocycles. The first-order valence-corrected chi connectivity index (χ1v) is 12.3. The van der Waals surface area contributed by atoms with Crippen molar-refractivity contribution in [2.24, 2.45) is 0 Å². The summed E-state index contributed by atoms with van der Waals surface area (Å²) in [7, 11) is 1.55. The number of nitrogens with one attached hydrogen (secondary N) is 2. The van der Waals surface area contributed by atoms with E-state index in [2.05, 4.69) is 20.5 Å². The van der Waals surface area contributed by atoms with Crippen LogP contribution in [0.1, 0.15) is 53.6 Å². The van der Waals surface area contributed by atoms with Crippen LogP contribution in [-0.4, -0.2) is 65.6 Å². The van der Waals surface area contributed by atoms with Gasteiger partial charge in [-0.15, -0.1) is 0 Å². The largest absolute Gasteiger partial charge is 0.481 e. The fraction of sp³-hybridized carbons (Fsp3) is 0.500. The highest BCUT2D eigenvalue weighted by Gasteiger charge is 2.39. The maximum Gasteiger partial charge on any atom is 0.416 e. The number of alkyl halides is 3. The highest BCUT2D eigenvalue weighted by Crippen LogP contribution is 2.39. The summed E-state index contributed by atoms with van der Waals surface area (Å²) in [6.07, 6.45) is 0.725. The molecule has 0 bridgehead atoms. The first-order valence-electron chi connectivity index (χ1n) is 12.3. The van der Waals surface area contributed by atoms with E-state index in [0.717, 1.165) is 49.6 Å². The molecule has 0 unspecified atom stereocenters. The van der Waals surface area contributed by atoms with Gasteiger partial charge in [-0.2, -0.15) is 13.2 Å². The molecular weight excluding hydrogens is 489 g/mol. The van der Waals surface area contributed by atoms with Crippen molar-refractivity contribution in [2.75, 3.05) is 26.7 Å². The van der Waals surface area contributed by atoms with Gasteiger partial charge < -0.3 is 20.5 Å². The van der Waals surface area contributed by atoms with Gasteiger partial charge >= 0.3 is 6.18 Å².